The van der Waals surface area contributed by atoms with Crippen LogP contribution in [0.1, 0.15) is 45.5 Å². The van der Waals surface area contributed by atoms with Gasteiger partial charge in [-0.2, -0.15) is 0 Å². The summed E-state index contributed by atoms with van der Waals surface area (Å²) >= 11 is 0. The van der Waals surface area contributed by atoms with Crippen LogP contribution in [-0.4, -0.2) is 18.2 Å². The highest BCUT2D eigenvalue weighted by Crippen LogP contribution is 2.14. The second-order valence-corrected chi connectivity index (χ2v) is 6.27. The quantitative estimate of drug-likeness (QED) is 0.785. The molecule has 0 aliphatic rings. The Kier molecular flexibility index (Phi) is 6.30. The summed E-state index contributed by atoms with van der Waals surface area (Å²) in [7, 11) is 0. The van der Waals surface area contributed by atoms with Gasteiger partial charge in [-0.25, -0.2) is 0 Å². The molecule has 0 bridgehead atoms. The number of carbonyl (C=O) groups excluding carboxylic acids is 2. The van der Waals surface area contributed by atoms with Crippen molar-refractivity contribution in [1.29, 1.82) is 0 Å². The van der Waals surface area contributed by atoms with Crippen molar-refractivity contribution in [2.75, 3.05) is 6.54 Å². The standard InChI is InChI=1S/C21H25NO2/c1-15-8-9-17(3)19(14-15)20(23)10-11-21(24)22-13-12-18-7-5-4-6-16(18)2/h4-9,14H,10-13H2,1-3H3,(H,22,24). The number of aryl methyl sites for hydroxylation is 3. The van der Waals surface area contributed by atoms with E-state index in [2.05, 4.69) is 24.4 Å². The maximum atomic E-state index is 12.3. The zero-order valence-electron chi connectivity index (χ0n) is 14.7. The van der Waals surface area contributed by atoms with Crippen LogP contribution in [0, 0.1) is 20.8 Å². The number of carbonyl (C=O) groups is 2. The Morgan fingerprint density at radius 3 is 2.42 bits per heavy atom. The average molecular weight is 323 g/mol. The molecular formula is C21H25NO2. The highest BCUT2D eigenvalue weighted by atomic mass is 16.2. The van der Waals surface area contributed by atoms with Crippen molar-refractivity contribution < 1.29 is 9.59 Å². The van der Waals surface area contributed by atoms with E-state index in [9.17, 15) is 9.59 Å². The van der Waals surface area contributed by atoms with Crippen LogP contribution >= 0.6 is 0 Å². The molecule has 0 heterocycles. The minimum atomic E-state index is -0.0674. The van der Waals surface area contributed by atoms with Gasteiger partial charge in [-0.3, -0.25) is 9.59 Å². The van der Waals surface area contributed by atoms with Gasteiger partial charge in [-0.15, -0.1) is 0 Å². The maximum Gasteiger partial charge on any atom is 0.220 e. The molecule has 0 spiro atoms. The lowest BCUT2D eigenvalue weighted by Gasteiger charge is -2.08. The van der Waals surface area contributed by atoms with Crippen molar-refractivity contribution >= 4 is 11.7 Å². The van der Waals surface area contributed by atoms with E-state index in [1.165, 1.54) is 11.1 Å². The van der Waals surface area contributed by atoms with Crippen LogP contribution in [0.4, 0.5) is 0 Å². The van der Waals surface area contributed by atoms with E-state index in [-0.39, 0.29) is 24.5 Å². The Bertz CT molecular complexity index is 734. The third-order valence-corrected chi connectivity index (χ3v) is 4.25. The molecule has 1 N–H and O–H groups in total. The molecule has 0 aliphatic carbocycles. The van der Waals surface area contributed by atoms with Crippen molar-refractivity contribution in [2.45, 2.75) is 40.0 Å². The third kappa shape index (κ3) is 5.05. The van der Waals surface area contributed by atoms with E-state index in [4.69, 9.17) is 0 Å². The molecule has 1 amide bonds. The lowest BCUT2D eigenvalue weighted by molar-refractivity contribution is -0.121. The second-order valence-electron chi connectivity index (χ2n) is 6.27. The average Bonchev–Trinajstić information content (AvgIpc) is 2.56. The maximum absolute atomic E-state index is 12.3. The fourth-order valence-corrected chi connectivity index (χ4v) is 2.71. The molecule has 2 aromatic rings. The first kappa shape index (κ1) is 17.9. The number of rotatable bonds is 7. The lowest BCUT2D eigenvalue weighted by Crippen LogP contribution is -2.26. The van der Waals surface area contributed by atoms with Crippen LogP contribution in [0.15, 0.2) is 42.5 Å². The summed E-state index contributed by atoms with van der Waals surface area (Å²) < 4.78 is 0. The molecule has 0 unspecified atom stereocenters. The number of ketones is 1. The Hall–Kier alpha value is -2.42. The number of Topliss-reactive ketones (excluding diaryl/α,β-unsaturated/α-hetero) is 1. The highest BCUT2D eigenvalue weighted by Gasteiger charge is 2.11. The molecule has 3 nitrogen and oxygen atoms in total. The Morgan fingerprint density at radius 2 is 1.67 bits per heavy atom. The van der Waals surface area contributed by atoms with Crippen LogP contribution in [0.3, 0.4) is 0 Å². The molecule has 2 aromatic carbocycles. The lowest BCUT2D eigenvalue weighted by atomic mass is 9.99. The number of benzene rings is 2. The predicted octanol–water partition coefficient (Wildman–Crippen LogP) is 3.93. The van der Waals surface area contributed by atoms with Crippen molar-refractivity contribution in [2.24, 2.45) is 0 Å². The van der Waals surface area contributed by atoms with E-state index in [1.807, 2.05) is 44.2 Å². The van der Waals surface area contributed by atoms with Crippen LogP contribution in [0.25, 0.3) is 0 Å². The summed E-state index contributed by atoms with van der Waals surface area (Å²) in [5, 5.41) is 2.90. The molecule has 0 atom stereocenters. The first-order valence-corrected chi connectivity index (χ1v) is 8.39. The Balaban J connectivity index is 1.78. The zero-order valence-corrected chi connectivity index (χ0v) is 14.7. The van der Waals surface area contributed by atoms with Gasteiger partial charge in [-0.05, 0) is 49.9 Å². The summed E-state index contributed by atoms with van der Waals surface area (Å²) in [5.74, 6) is -0.0347. The molecule has 2 rings (SSSR count). The fraction of sp³-hybridized carbons (Fsp3) is 0.333. The zero-order chi connectivity index (χ0) is 17.5. The van der Waals surface area contributed by atoms with Gasteiger partial charge in [0.2, 0.25) is 5.91 Å². The molecular weight excluding hydrogens is 298 g/mol. The van der Waals surface area contributed by atoms with E-state index in [1.54, 1.807) is 0 Å². The van der Waals surface area contributed by atoms with Crippen molar-refractivity contribution in [3.63, 3.8) is 0 Å². The van der Waals surface area contributed by atoms with Crippen LogP contribution in [0.5, 0.6) is 0 Å². The normalized spacial score (nSPS) is 10.5. The molecule has 0 aromatic heterocycles. The summed E-state index contributed by atoms with van der Waals surface area (Å²) in [6.45, 7) is 6.56. The van der Waals surface area contributed by atoms with Crippen LogP contribution in [0.2, 0.25) is 0 Å². The summed E-state index contributed by atoms with van der Waals surface area (Å²) in [6, 6.07) is 14.0. The fourth-order valence-electron chi connectivity index (χ4n) is 2.71. The number of amides is 1. The molecule has 0 saturated carbocycles. The van der Waals surface area contributed by atoms with Gasteiger partial charge < -0.3 is 5.32 Å². The SMILES string of the molecule is Cc1ccc(C)c(C(=O)CCC(=O)NCCc2ccccc2C)c1. The minimum Gasteiger partial charge on any atom is -0.356 e. The van der Waals surface area contributed by atoms with E-state index in [0.29, 0.717) is 6.54 Å². The summed E-state index contributed by atoms with van der Waals surface area (Å²) in [5.41, 5.74) is 5.22. The highest BCUT2D eigenvalue weighted by molar-refractivity contribution is 5.99. The van der Waals surface area contributed by atoms with Gasteiger partial charge in [0.1, 0.15) is 0 Å². The number of nitrogens with one attached hydrogen (secondary N) is 1. The van der Waals surface area contributed by atoms with Crippen molar-refractivity contribution in [3.8, 4) is 0 Å². The Labute approximate surface area is 144 Å². The van der Waals surface area contributed by atoms with Gasteiger partial charge >= 0.3 is 0 Å². The molecule has 0 radical (unpaired) electrons. The number of hydrogen-bond acceptors (Lipinski definition) is 2. The summed E-state index contributed by atoms with van der Waals surface area (Å²) in [4.78, 5) is 24.2. The van der Waals surface area contributed by atoms with E-state index < -0.39 is 0 Å². The molecule has 0 aliphatic heterocycles. The van der Waals surface area contributed by atoms with Gasteiger partial charge in [0.25, 0.3) is 0 Å². The number of hydrogen-bond donors (Lipinski definition) is 1. The Morgan fingerprint density at radius 1 is 0.917 bits per heavy atom. The molecule has 3 heteroatoms. The minimum absolute atomic E-state index is 0.0326. The van der Waals surface area contributed by atoms with Crippen LogP contribution in [-0.2, 0) is 11.2 Å². The second kappa shape index (κ2) is 8.44. The topological polar surface area (TPSA) is 46.2 Å². The first-order chi connectivity index (χ1) is 11.5. The largest absolute Gasteiger partial charge is 0.356 e. The smallest absolute Gasteiger partial charge is 0.220 e. The van der Waals surface area contributed by atoms with Crippen LogP contribution < -0.4 is 5.32 Å². The molecule has 0 fully saturated rings. The molecule has 126 valence electrons. The van der Waals surface area contributed by atoms with Crippen molar-refractivity contribution in [3.05, 3.63) is 70.3 Å². The predicted molar refractivity (Wildman–Crippen MR) is 97.4 cm³/mol. The molecule has 24 heavy (non-hydrogen) atoms. The first-order valence-electron chi connectivity index (χ1n) is 8.39. The van der Waals surface area contributed by atoms with Gasteiger partial charge in [0.05, 0.1) is 0 Å². The molecule has 0 saturated heterocycles. The van der Waals surface area contributed by atoms with Gasteiger partial charge in [0, 0.05) is 24.9 Å². The summed E-state index contributed by atoms with van der Waals surface area (Å²) in [6.07, 6.45) is 1.30. The van der Waals surface area contributed by atoms with Gasteiger partial charge in [-0.1, -0.05) is 42.0 Å². The van der Waals surface area contributed by atoms with Gasteiger partial charge in [0.15, 0.2) is 5.78 Å². The third-order valence-electron chi connectivity index (χ3n) is 4.25. The van der Waals surface area contributed by atoms with E-state index >= 15 is 0 Å². The monoisotopic (exact) mass is 323 g/mol. The van der Waals surface area contributed by atoms with E-state index in [0.717, 1.165) is 23.1 Å². The van der Waals surface area contributed by atoms with Crippen molar-refractivity contribution in [1.82, 2.24) is 5.32 Å².